The number of rotatable bonds is 2. The molecule has 0 aromatic heterocycles. The number of hydrogen-bond acceptors (Lipinski definition) is 3. The smallest absolute Gasteiger partial charge is 0.237 e. The van der Waals surface area contributed by atoms with E-state index in [9.17, 15) is 4.79 Å². The first-order valence-electron chi connectivity index (χ1n) is 4.21. The average molecular weight is 171 g/mol. The Morgan fingerprint density at radius 3 is 2.58 bits per heavy atom. The predicted molar refractivity (Wildman–Crippen MR) is 45.1 cm³/mol. The zero-order valence-corrected chi connectivity index (χ0v) is 7.45. The molecule has 0 saturated carbocycles. The highest BCUT2D eigenvalue weighted by atomic mass is 16.5. The molecule has 1 fully saturated rings. The van der Waals surface area contributed by atoms with Crippen LogP contribution >= 0.6 is 0 Å². The molecule has 1 amide bonds. The van der Waals surface area contributed by atoms with E-state index in [1.54, 1.807) is 5.01 Å². The summed E-state index contributed by atoms with van der Waals surface area (Å²) < 4.78 is 5.17. The summed E-state index contributed by atoms with van der Waals surface area (Å²) in [6, 6.07) is 0. The minimum atomic E-state index is -0.139. The van der Waals surface area contributed by atoms with Crippen LogP contribution < -0.4 is 0 Å². The minimum Gasteiger partial charge on any atom is -0.379 e. The Labute approximate surface area is 73.1 Å². The van der Waals surface area contributed by atoms with Crippen molar-refractivity contribution >= 4 is 5.91 Å². The molecule has 1 aliphatic rings. The molecule has 0 aliphatic carbocycles. The quantitative estimate of drug-likeness (QED) is 0.582. The molecular weight excluding hydrogens is 156 g/mol. The van der Waals surface area contributed by atoms with Gasteiger partial charge in [-0.15, -0.1) is 0 Å². The standard InChI is InChI=1S/C8H15N2O2/c1-3-10(8(2)11)9-4-6-12-7-5-9/h2-7H2,1H3. The van der Waals surface area contributed by atoms with Gasteiger partial charge in [-0.25, -0.2) is 5.01 Å². The van der Waals surface area contributed by atoms with Gasteiger partial charge in [-0.05, 0) is 6.92 Å². The summed E-state index contributed by atoms with van der Waals surface area (Å²) in [5, 5.41) is 3.64. The van der Waals surface area contributed by atoms with Crippen molar-refractivity contribution < 1.29 is 9.53 Å². The van der Waals surface area contributed by atoms with E-state index in [0.717, 1.165) is 13.1 Å². The number of nitrogens with zero attached hydrogens (tertiary/aromatic N) is 2. The highest BCUT2D eigenvalue weighted by molar-refractivity contribution is 5.79. The van der Waals surface area contributed by atoms with Crippen molar-refractivity contribution in [3.05, 3.63) is 6.92 Å². The first-order chi connectivity index (χ1) is 5.75. The number of morpholine rings is 1. The fourth-order valence-corrected chi connectivity index (χ4v) is 1.33. The molecule has 12 heavy (non-hydrogen) atoms. The van der Waals surface area contributed by atoms with Gasteiger partial charge in [0.15, 0.2) is 0 Å². The SMILES string of the molecule is [CH2]C(=O)N(CC)N1CCOCC1. The molecular formula is C8H15N2O2. The summed E-state index contributed by atoms with van der Waals surface area (Å²) >= 11 is 0. The molecule has 1 saturated heterocycles. The number of hydrogen-bond donors (Lipinski definition) is 0. The Bertz CT molecular complexity index is 155. The fraction of sp³-hybridized carbons (Fsp3) is 0.750. The lowest BCUT2D eigenvalue weighted by Crippen LogP contribution is -2.50. The maximum absolute atomic E-state index is 11.0. The summed E-state index contributed by atoms with van der Waals surface area (Å²) in [5.74, 6) is -0.139. The molecule has 0 spiro atoms. The van der Waals surface area contributed by atoms with Gasteiger partial charge in [0.25, 0.3) is 0 Å². The van der Waals surface area contributed by atoms with Crippen molar-refractivity contribution in [1.82, 2.24) is 10.0 Å². The maximum Gasteiger partial charge on any atom is 0.237 e. The third kappa shape index (κ3) is 2.19. The van der Waals surface area contributed by atoms with Crippen LogP contribution in [0.4, 0.5) is 0 Å². The largest absolute Gasteiger partial charge is 0.379 e. The summed E-state index contributed by atoms with van der Waals surface area (Å²) in [4.78, 5) is 11.0. The van der Waals surface area contributed by atoms with Crippen molar-refractivity contribution in [2.24, 2.45) is 0 Å². The van der Waals surface area contributed by atoms with Crippen molar-refractivity contribution in [1.29, 1.82) is 0 Å². The lowest BCUT2D eigenvalue weighted by atomic mass is 10.5. The molecule has 1 heterocycles. The fourth-order valence-electron chi connectivity index (χ4n) is 1.33. The van der Waals surface area contributed by atoms with Crippen molar-refractivity contribution in [3.63, 3.8) is 0 Å². The maximum atomic E-state index is 11.0. The van der Waals surface area contributed by atoms with Crippen LogP contribution in [0.5, 0.6) is 0 Å². The van der Waals surface area contributed by atoms with Crippen LogP contribution in [0.2, 0.25) is 0 Å². The van der Waals surface area contributed by atoms with Gasteiger partial charge in [0.2, 0.25) is 5.91 Å². The van der Waals surface area contributed by atoms with Crippen LogP contribution in [0, 0.1) is 6.92 Å². The second-order valence-electron chi connectivity index (χ2n) is 2.68. The number of ether oxygens (including phenoxy) is 1. The minimum absolute atomic E-state index is 0.139. The molecule has 1 rings (SSSR count). The predicted octanol–water partition coefficient (Wildman–Crippen LogP) is -0.0838. The van der Waals surface area contributed by atoms with Crippen LogP contribution in [0.1, 0.15) is 6.92 Å². The Morgan fingerprint density at radius 2 is 2.17 bits per heavy atom. The monoisotopic (exact) mass is 171 g/mol. The normalized spacial score (nSPS) is 19.2. The molecule has 0 aromatic carbocycles. The molecule has 0 aromatic rings. The molecule has 1 aliphatic heterocycles. The van der Waals surface area contributed by atoms with Crippen LogP contribution in [0.15, 0.2) is 0 Å². The highest BCUT2D eigenvalue weighted by Gasteiger charge is 2.18. The second-order valence-corrected chi connectivity index (χ2v) is 2.68. The highest BCUT2D eigenvalue weighted by Crippen LogP contribution is 2.02. The van der Waals surface area contributed by atoms with Crippen molar-refractivity contribution in [2.75, 3.05) is 32.8 Å². The molecule has 0 unspecified atom stereocenters. The number of carbonyl (C=O) groups is 1. The summed E-state index contributed by atoms with van der Waals surface area (Å²) in [6.45, 7) is 8.99. The lowest BCUT2D eigenvalue weighted by molar-refractivity contribution is -0.151. The Morgan fingerprint density at radius 1 is 1.58 bits per heavy atom. The van der Waals surface area contributed by atoms with Crippen LogP contribution in [0.3, 0.4) is 0 Å². The number of amides is 1. The van der Waals surface area contributed by atoms with E-state index in [1.165, 1.54) is 0 Å². The first-order valence-corrected chi connectivity index (χ1v) is 4.21. The summed E-state index contributed by atoms with van der Waals surface area (Å²) in [6.07, 6.45) is 0. The summed E-state index contributed by atoms with van der Waals surface area (Å²) in [5.41, 5.74) is 0. The molecule has 1 radical (unpaired) electrons. The molecule has 4 nitrogen and oxygen atoms in total. The Balaban J connectivity index is 2.46. The molecule has 4 heteroatoms. The van der Waals surface area contributed by atoms with Crippen LogP contribution in [0.25, 0.3) is 0 Å². The summed E-state index contributed by atoms with van der Waals surface area (Å²) in [7, 11) is 0. The van der Waals surface area contributed by atoms with Crippen molar-refractivity contribution in [3.8, 4) is 0 Å². The van der Waals surface area contributed by atoms with Crippen molar-refractivity contribution in [2.45, 2.75) is 6.92 Å². The lowest BCUT2D eigenvalue weighted by Gasteiger charge is -2.35. The first kappa shape index (κ1) is 9.48. The van der Waals surface area contributed by atoms with E-state index >= 15 is 0 Å². The Hall–Kier alpha value is -0.610. The zero-order chi connectivity index (χ0) is 8.97. The molecule has 0 N–H and O–H groups in total. The van der Waals surface area contributed by atoms with E-state index in [2.05, 4.69) is 6.92 Å². The van der Waals surface area contributed by atoms with Gasteiger partial charge < -0.3 is 4.74 Å². The topological polar surface area (TPSA) is 32.8 Å². The van der Waals surface area contributed by atoms with Gasteiger partial charge in [-0.3, -0.25) is 9.80 Å². The van der Waals surface area contributed by atoms with Crippen LogP contribution in [-0.2, 0) is 9.53 Å². The molecule has 69 valence electrons. The number of hydrazine groups is 1. The second kappa shape index (κ2) is 4.42. The van der Waals surface area contributed by atoms with Gasteiger partial charge in [0, 0.05) is 26.6 Å². The third-order valence-electron chi connectivity index (χ3n) is 1.92. The average Bonchev–Trinajstić information content (AvgIpc) is 2.07. The van der Waals surface area contributed by atoms with Gasteiger partial charge in [0.05, 0.1) is 13.2 Å². The zero-order valence-electron chi connectivity index (χ0n) is 7.45. The van der Waals surface area contributed by atoms with E-state index in [0.29, 0.717) is 19.8 Å². The van der Waals surface area contributed by atoms with Gasteiger partial charge in [-0.1, -0.05) is 0 Å². The van der Waals surface area contributed by atoms with E-state index < -0.39 is 0 Å². The number of carbonyl (C=O) groups excluding carboxylic acids is 1. The van der Waals surface area contributed by atoms with E-state index in [-0.39, 0.29) is 5.91 Å². The van der Waals surface area contributed by atoms with Crippen LogP contribution in [-0.4, -0.2) is 48.8 Å². The van der Waals surface area contributed by atoms with E-state index in [4.69, 9.17) is 4.74 Å². The van der Waals surface area contributed by atoms with Gasteiger partial charge in [-0.2, -0.15) is 0 Å². The van der Waals surface area contributed by atoms with Gasteiger partial charge in [0.1, 0.15) is 0 Å². The van der Waals surface area contributed by atoms with Gasteiger partial charge >= 0.3 is 0 Å². The molecule has 0 bridgehead atoms. The van der Waals surface area contributed by atoms with E-state index in [1.807, 2.05) is 11.9 Å². The Kier molecular flexibility index (Phi) is 3.49. The third-order valence-corrected chi connectivity index (χ3v) is 1.92. The molecule has 0 atom stereocenters.